The minimum Gasteiger partial charge on any atom is -0.497 e. The van der Waals surface area contributed by atoms with Crippen molar-refractivity contribution >= 4 is 11.8 Å². The second kappa shape index (κ2) is 13.5. The van der Waals surface area contributed by atoms with E-state index in [1.807, 2.05) is 60.0 Å². The number of fused-ring (bicyclic) bond motifs is 3. The van der Waals surface area contributed by atoms with E-state index in [1.54, 1.807) is 7.11 Å². The van der Waals surface area contributed by atoms with E-state index < -0.39 is 0 Å². The number of benzene rings is 2. The highest BCUT2D eigenvalue weighted by Gasteiger charge is 2.33. The molecule has 4 rings (SSSR count). The zero-order valence-corrected chi connectivity index (χ0v) is 23.0. The molecule has 204 valence electrons. The Labute approximate surface area is 227 Å². The number of ether oxygens (including phenoxy) is 2. The molecule has 0 radical (unpaired) electrons. The number of methoxy groups -OCH3 is 1. The molecule has 38 heavy (non-hydrogen) atoms. The van der Waals surface area contributed by atoms with Crippen molar-refractivity contribution in [1.29, 1.82) is 0 Å². The van der Waals surface area contributed by atoms with Gasteiger partial charge in [-0.25, -0.2) is 0 Å². The number of nitrogens with zero attached hydrogens (tertiary/aromatic N) is 3. The van der Waals surface area contributed by atoms with Gasteiger partial charge in [-0.2, -0.15) is 0 Å². The fourth-order valence-corrected chi connectivity index (χ4v) is 5.53. The number of hydrogen-bond donors (Lipinski definition) is 0. The number of piperidine rings is 1. The lowest BCUT2D eigenvalue weighted by atomic mass is 9.82. The molecule has 1 saturated heterocycles. The zero-order chi connectivity index (χ0) is 26.9. The normalized spacial score (nSPS) is 20.4. The summed E-state index contributed by atoms with van der Waals surface area (Å²) in [6.45, 7) is 8.79. The monoisotopic (exact) mass is 519 g/mol. The van der Waals surface area contributed by atoms with Crippen LogP contribution in [0.3, 0.4) is 0 Å². The van der Waals surface area contributed by atoms with Crippen LogP contribution in [0.15, 0.2) is 60.7 Å². The Bertz CT molecular complexity index is 1110. The van der Waals surface area contributed by atoms with Gasteiger partial charge in [-0.15, -0.1) is 0 Å². The molecule has 1 fully saturated rings. The summed E-state index contributed by atoms with van der Waals surface area (Å²) in [4.78, 5) is 32.6. The predicted octanol–water partition coefficient (Wildman–Crippen LogP) is 4.37. The molecule has 7 nitrogen and oxygen atoms in total. The summed E-state index contributed by atoms with van der Waals surface area (Å²) < 4.78 is 11.6. The Morgan fingerprint density at radius 2 is 1.92 bits per heavy atom. The highest BCUT2D eigenvalue weighted by atomic mass is 16.5. The lowest BCUT2D eigenvalue weighted by molar-refractivity contribution is -0.136. The van der Waals surface area contributed by atoms with Crippen molar-refractivity contribution in [1.82, 2.24) is 14.7 Å². The zero-order valence-electron chi connectivity index (χ0n) is 23.0. The van der Waals surface area contributed by atoms with E-state index in [4.69, 9.17) is 9.47 Å². The van der Waals surface area contributed by atoms with E-state index in [0.29, 0.717) is 45.8 Å². The molecule has 2 aromatic carbocycles. The molecule has 7 heteroatoms. The van der Waals surface area contributed by atoms with Crippen molar-refractivity contribution in [3.8, 4) is 11.5 Å². The van der Waals surface area contributed by atoms with Gasteiger partial charge >= 0.3 is 0 Å². The summed E-state index contributed by atoms with van der Waals surface area (Å²) in [7, 11) is 1.67. The van der Waals surface area contributed by atoms with E-state index in [-0.39, 0.29) is 23.7 Å². The molecule has 0 aromatic heterocycles. The molecular formula is C31H41N3O4. The molecule has 0 aliphatic carbocycles. The number of carbonyl (C=O) groups is 2. The van der Waals surface area contributed by atoms with Crippen LogP contribution in [-0.2, 0) is 22.7 Å². The minimum absolute atomic E-state index is 0.123. The van der Waals surface area contributed by atoms with Crippen molar-refractivity contribution in [3.05, 3.63) is 71.8 Å². The van der Waals surface area contributed by atoms with Crippen LogP contribution >= 0.6 is 0 Å². The summed E-state index contributed by atoms with van der Waals surface area (Å²) in [5.74, 6) is 2.30. The van der Waals surface area contributed by atoms with Crippen molar-refractivity contribution in [2.75, 3.05) is 46.4 Å². The average Bonchev–Trinajstić information content (AvgIpc) is 2.93. The Hall–Kier alpha value is -3.32. The largest absolute Gasteiger partial charge is 0.497 e. The van der Waals surface area contributed by atoms with Crippen LogP contribution in [0.1, 0.15) is 37.8 Å². The van der Waals surface area contributed by atoms with Gasteiger partial charge in [0.25, 0.3) is 0 Å². The van der Waals surface area contributed by atoms with Crippen LogP contribution in [0.2, 0.25) is 0 Å². The summed E-state index contributed by atoms with van der Waals surface area (Å²) in [5.41, 5.74) is 2.14. The lowest BCUT2D eigenvalue weighted by Crippen LogP contribution is -2.48. The Morgan fingerprint density at radius 3 is 2.71 bits per heavy atom. The molecule has 0 spiro atoms. The second-order valence-corrected chi connectivity index (χ2v) is 10.2. The third kappa shape index (κ3) is 7.16. The predicted molar refractivity (Wildman–Crippen MR) is 149 cm³/mol. The summed E-state index contributed by atoms with van der Waals surface area (Å²) >= 11 is 0. The van der Waals surface area contributed by atoms with E-state index in [2.05, 4.69) is 29.2 Å². The highest BCUT2D eigenvalue weighted by molar-refractivity contribution is 5.79. The number of para-hydroxylation sites is 1. The van der Waals surface area contributed by atoms with Gasteiger partial charge in [-0.3, -0.25) is 14.5 Å². The number of carbonyl (C=O) groups excluding carboxylic acids is 2. The number of hydrogen-bond acceptors (Lipinski definition) is 5. The van der Waals surface area contributed by atoms with Crippen LogP contribution in [0, 0.1) is 11.8 Å². The maximum absolute atomic E-state index is 13.6. The molecule has 2 aromatic rings. The van der Waals surface area contributed by atoms with Crippen molar-refractivity contribution in [2.45, 2.75) is 39.8 Å². The first-order valence-electron chi connectivity index (χ1n) is 13.8. The van der Waals surface area contributed by atoms with Gasteiger partial charge in [-0.1, -0.05) is 42.5 Å². The van der Waals surface area contributed by atoms with Crippen LogP contribution in [-0.4, -0.2) is 73.0 Å². The molecule has 2 bridgehead atoms. The molecular weight excluding hydrogens is 478 g/mol. The third-order valence-electron chi connectivity index (χ3n) is 7.70. The fourth-order valence-electron chi connectivity index (χ4n) is 5.53. The van der Waals surface area contributed by atoms with Crippen LogP contribution < -0.4 is 9.47 Å². The molecule has 2 heterocycles. The highest BCUT2D eigenvalue weighted by Crippen LogP contribution is 2.30. The van der Waals surface area contributed by atoms with E-state index in [1.165, 1.54) is 0 Å². The molecule has 2 aliphatic heterocycles. The van der Waals surface area contributed by atoms with Crippen LogP contribution in [0.4, 0.5) is 0 Å². The van der Waals surface area contributed by atoms with Crippen molar-refractivity contribution < 1.29 is 19.1 Å². The molecule has 0 saturated carbocycles. The smallest absolute Gasteiger partial charge is 0.236 e. The molecule has 0 unspecified atom stereocenters. The second-order valence-electron chi connectivity index (χ2n) is 10.2. The topological polar surface area (TPSA) is 62.3 Å². The van der Waals surface area contributed by atoms with Crippen molar-refractivity contribution in [2.24, 2.45) is 11.8 Å². The maximum Gasteiger partial charge on any atom is 0.236 e. The SMILES string of the molecule is CCN(CC)C(=O)C[C@@H]1CCN2C[C@@H]1C=CCOc1ccccc1CN(Cc1cccc(OC)c1)CC2=O. The standard InChI is InChI=1S/C31H41N3O4/c1-4-33(5-2)30(35)19-25-15-16-34-22-26(25)12-9-17-38-29-14-7-6-11-27(29)21-32(23-31(34)36)20-24-10-8-13-28(18-24)37-3/h6-14,18,25-26H,4-5,15-17,19-23H2,1-3H3/t25-,26-/m0/s1. The van der Waals surface area contributed by atoms with Gasteiger partial charge in [0, 0.05) is 51.3 Å². The first-order chi connectivity index (χ1) is 18.5. The minimum atomic E-state index is 0.123. The quantitative estimate of drug-likeness (QED) is 0.509. The molecule has 2 amide bonds. The first kappa shape index (κ1) is 27.7. The van der Waals surface area contributed by atoms with Gasteiger partial charge in [0.05, 0.1) is 13.7 Å². The Kier molecular flexibility index (Phi) is 9.82. The van der Waals surface area contributed by atoms with Gasteiger partial charge in [0.2, 0.25) is 11.8 Å². The Morgan fingerprint density at radius 1 is 1.11 bits per heavy atom. The summed E-state index contributed by atoms with van der Waals surface area (Å²) in [5, 5.41) is 0. The third-order valence-corrected chi connectivity index (χ3v) is 7.70. The molecule has 0 N–H and O–H groups in total. The Balaban J connectivity index is 1.57. The molecule has 2 aliphatic rings. The fraction of sp³-hybridized carbons (Fsp3) is 0.484. The van der Waals surface area contributed by atoms with Gasteiger partial charge in [0.1, 0.15) is 18.1 Å². The lowest BCUT2D eigenvalue weighted by Gasteiger charge is -2.38. The van der Waals surface area contributed by atoms with E-state index in [0.717, 1.165) is 42.1 Å². The van der Waals surface area contributed by atoms with Gasteiger partial charge in [0.15, 0.2) is 0 Å². The number of rotatable bonds is 7. The van der Waals surface area contributed by atoms with Crippen LogP contribution in [0.25, 0.3) is 0 Å². The maximum atomic E-state index is 13.6. The average molecular weight is 520 g/mol. The van der Waals surface area contributed by atoms with Crippen molar-refractivity contribution in [3.63, 3.8) is 0 Å². The summed E-state index contributed by atoms with van der Waals surface area (Å²) in [6, 6.07) is 16.0. The molecule has 2 atom stereocenters. The van der Waals surface area contributed by atoms with E-state index in [9.17, 15) is 9.59 Å². The number of amides is 2. The summed E-state index contributed by atoms with van der Waals surface area (Å²) in [6.07, 6.45) is 5.56. The van der Waals surface area contributed by atoms with Gasteiger partial charge in [-0.05, 0) is 55.9 Å². The van der Waals surface area contributed by atoms with Gasteiger partial charge < -0.3 is 19.3 Å². The van der Waals surface area contributed by atoms with Crippen LogP contribution in [0.5, 0.6) is 11.5 Å². The van der Waals surface area contributed by atoms with E-state index >= 15 is 0 Å². The first-order valence-corrected chi connectivity index (χ1v) is 13.8.